The van der Waals surface area contributed by atoms with Crippen molar-refractivity contribution in [3.05, 3.63) is 11.3 Å². The molecule has 0 saturated carbocycles. The first-order chi connectivity index (χ1) is 5.96. The van der Waals surface area contributed by atoms with Crippen LogP contribution in [-0.2, 0) is 16.6 Å². The summed E-state index contributed by atoms with van der Waals surface area (Å²) < 4.78 is 22.0. The lowest BCUT2D eigenvalue weighted by molar-refractivity contribution is 0.591. The van der Waals surface area contributed by atoms with Gasteiger partial charge >= 0.3 is 0 Å². The highest BCUT2D eigenvalue weighted by Crippen LogP contribution is 2.13. The molecule has 13 heavy (non-hydrogen) atoms. The Morgan fingerprint density at radius 2 is 2.23 bits per heavy atom. The average molecular weight is 204 g/mol. The lowest BCUT2D eigenvalue weighted by Crippen LogP contribution is -2.17. The van der Waals surface area contributed by atoms with E-state index in [1.54, 1.807) is 14.0 Å². The Morgan fingerprint density at radius 3 is 2.69 bits per heavy atom. The molecule has 1 aromatic rings. The maximum Gasteiger partial charge on any atom is 0.257 e. The third kappa shape index (κ3) is 2.06. The van der Waals surface area contributed by atoms with Crippen molar-refractivity contribution in [2.45, 2.75) is 18.5 Å². The lowest BCUT2D eigenvalue weighted by Gasteiger charge is -1.99. The molecule has 0 fully saturated rings. The van der Waals surface area contributed by atoms with Gasteiger partial charge in [0.05, 0.1) is 0 Å². The Bertz CT molecular complexity index is 395. The Kier molecular flexibility index (Phi) is 2.69. The molecule has 1 aromatic heterocycles. The number of aryl methyl sites for hydroxylation is 1. The zero-order valence-corrected chi connectivity index (χ0v) is 8.27. The molecule has 0 amide bonds. The maximum absolute atomic E-state index is 11.0. The van der Waals surface area contributed by atoms with Gasteiger partial charge in [-0.1, -0.05) is 0 Å². The molecule has 0 atom stereocenters. The van der Waals surface area contributed by atoms with Gasteiger partial charge in [-0.05, 0) is 14.0 Å². The highest BCUT2D eigenvalue weighted by Gasteiger charge is 2.18. The highest BCUT2D eigenvalue weighted by atomic mass is 32.2. The molecule has 0 aliphatic rings. The Hall–Kier alpha value is -0.920. The van der Waals surface area contributed by atoms with E-state index >= 15 is 0 Å². The van der Waals surface area contributed by atoms with Gasteiger partial charge < -0.3 is 5.32 Å². The van der Waals surface area contributed by atoms with Crippen molar-refractivity contribution < 1.29 is 8.42 Å². The molecule has 6 nitrogen and oxygen atoms in total. The SMILES string of the molecule is CNCc1c(S(N)(=O)=O)n[nH]c1C. The minimum atomic E-state index is -3.72. The summed E-state index contributed by atoms with van der Waals surface area (Å²) in [5.74, 6) is 0. The number of aromatic nitrogens is 2. The summed E-state index contributed by atoms with van der Waals surface area (Å²) in [7, 11) is -2.00. The summed E-state index contributed by atoms with van der Waals surface area (Å²) in [4.78, 5) is 0. The molecular formula is C6H12N4O2S. The van der Waals surface area contributed by atoms with Crippen molar-refractivity contribution in [2.75, 3.05) is 7.05 Å². The number of rotatable bonds is 3. The van der Waals surface area contributed by atoms with Crippen LogP contribution in [0, 0.1) is 6.92 Å². The van der Waals surface area contributed by atoms with Crippen LogP contribution in [0.2, 0.25) is 0 Å². The van der Waals surface area contributed by atoms with E-state index in [0.717, 1.165) is 0 Å². The molecule has 0 aliphatic heterocycles. The second kappa shape index (κ2) is 3.44. The predicted molar refractivity (Wildman–Crippen MR) is 47.5 cm³/mol. The van der Waals surface area contributed by atoms with Crippen LogP contribution in [0.25, 0.3) is 0 Å². The molecule has 7 heteroatoms. The molecule has 4 N–H and O–H groups in total. The van der Waals surface area contributed by atoms with Gasteiger partial charge in [-0.25, -0.2) is 13.6 Å². The van der Waals surface area contributed by atoms with Gasteiger partial charge in [0.2, 0.25) is 0 Å². The normalized spacial score (nSPS) is 11.9. The molecule has 0 saturated heterocycles. The van der Waals surface area contributed by atoms with Crippen molar-refractivity contribution in [1.82, 2.24) is 15.5 Å². The number of H-pyrrole nitrogens is 1. The van der Waals surface area contributed by atoms with Gasteiger partial charge in [0.1, 0.15) is 0 Å². The van der Waals surface area contributed by atoms with Gasteiger partial charge in [-0.2, -0.15) is 5.10 Å². The minimum Gasteiger partial charge on any atom is -0.316 e. The first-order valence-electron chi connectivity index (χ1n) is 3.68. The molecular weight excluding hydrogens is 192 g/mol. The maximum atomic E-state index is 11.0. The van der Waals surface area contributed by atoms with Gasteiger partial charge in [0.15, 0.2) is 5.03 Å². The monoisotopic (exact) mass is 204 g/mol. The van der Waals surface area contributed by atoms with Crippen LogP contribution < -0.4 is 10.5 Å². The second-order valence-electron chi connectivity index (χ2n) is 2.71. The number of aromatic amines is 1. The Morgan fingerprint density at radius 1 is 1.62 bits per heavy atom. The first kappa shape index (κ1) is 10.2. The summed E-state index contributed by atoms with van der Waals surface area (Å²) in [6.45, 7) is 2.17. The molecule has 1 rings (SSSR count). The minimum absolute atomic E-state index is 0.0839. The summed E-state index contributed by atoms with van der Waals surface area (Å²) >= 11 is 0. The number of nitrogens with one attached hydrogen (secondary N) is 2. The zero-order valence-electron chi connectivity index (χ0n) is 7.46. The fraction of sp³-hybridized carbons (Fsp3) is 0.500. The molecule has 0 aliphatic carbocycles. The van der Waals surface area contributed by atoms with Crippen LogP contribution in [0.4, 0.5) is 0 Å². The van der Waals surface area contributed by atoms with Gasteiger partial charge in [0, 0.05) is 17.8 Å². The number of sulfonamides is 1. The summed E-state index contributed by atoms with van der Waals surface area (Å²) in [6, 6.07) is 0. The van der Waals surface area contributed by atoms with E-state index < -0.39 is 10.0 Å². The molecule has 1 heterocycles. The van der Waals surface area contributed by atoms with Crippen LogP contribution in [0.15, 0.2) is 5.03 Å². The summed E-state index contributed by atoms with van der Waals surface area (Å²) in [5, 5.41) is 13.9. The summed E-state index contributed by atoms with van der Waals surface area (Å²) in [5.41, 5.74) is 1.29. The van der Waals surface area contributed by atoms with Gasteiger partial charge in [-0.3, -0.25) is 5.10 Å². The van der Waals surface area contributed by atoms with E-state index in [1.165, 1.54) is 0 Å². The van der Waals surface area contributed by atoms with E-state index in [1.807, 2.05) is 0 Å². The van der Waals surface area contributed by atoms with Crippen molar-refractivity contribution in [2.24, 2.45) is 5.14 Å². The molecule has 0 unspecified atom stereocenters. The fourth-order valence-electron chi connectivity index (χ4n) is 1.05. The molecule has 0 spiro atoms. The van der Waals surface area contributed by atoms with Gasteiger partial charge in [-0.15, -0.1) is 0 Å². The second-order valence-corrected chi connectivity index (χ2v) is 4.18. The number of hydrogen-bond acceptors (Lipinski definition) is 4. The van der Waals surface area contributed by atoms with Gasteiger partial charge in [0.25, 0.3) is 10.0 Å². The predicted octanol–water partition coefficient (Wildman–Crippen LogP) is -0.915. The Labute approximate surface area is 76.6 Å². The van der Waals surface area contributed by atoms with Crippen LogP contribution in [0.1, 0.15) is 11.3 Å². The quantitative estimate of drug-likeness (QED) is 0.593. The highest BCUT2D eigenvalue weighted by molar-refractivity contribution is 7.89. The van der Waals surface area contributed by atoms with Crippen molar-refractivity contribution >= 4 is 10.0 Å². The standard InChI is InChI=1S/C6H12N4O2S/c1-4-5(3-8-2)6(10-9-4)13(7,11)12/h8H,3H2,1-2H3,(H,9,10)(H2,7,11,12). The van der Waals surface area contributed by atoms with Crippen LogP contribution >= 0.6 is 0 Å². The lowest BCUT2D eigenvalue weighted by atomic mass is 10.3. The number of nitrogens with two attached hydrogens (primary N) is 1. The smallest absolute Gasteiger partial charge is 0.257 e. The van der Waals surface area contributed by atoms with E-state index in [9.17, 15) is 8.42 Å². The third-order valence-electron chi connectivity index (χ3n) is 1.66. The van der Waals surface area contributed by atoms with E-state index in [-0.39, 0.29) is 5.03 Å². The third-order valence-corrected chi connectivity index (χ3v) is 2.54. The van der Waals surface area contributed by atoms with E-state index in [0.29, 0.717) is 17.8 Å². The van der Waals surface area contributed by atoms with Crippen LogP contribution in [0.3, 0.4) is 0 Å². The van der Waals surface area contributed by atoms with E-state index in [2.05, 4.69) is 15.5 Å². The number of hydrogen-bond donors (Lipinski definition) is 3. The first-order valence-corrected chi connectivity index (χ1v) is 5.22. The van der Waals surface area contributed by atoms with Crippen molar-refractivity contribution in [3.8, 4) is 0 Å². The Balaban J connectivity index is 3.23. The molecule has 0 aromatic carbocycles. The summed E-state index contributed by atoms with van der Waals surface area (Å²) in [6.07, 6.45) is 0. The number of primary sulfonamides is 1. The fourth-order valence-corrected chi connectivity index (χ4v) is 1.79. The van der Waals surface area contributed by atoms with Crippen LogP contribution in [0.5, 0.6) is 0 Å². The largest absolute Gasteiger partial charge is 0.316 e. The molecule has 74 valence electrons. The molecule has 0 bridgehead atoms. The topological polar surface area (TPSA) is 101 Å². The zero-order chi connectivity index (χ0) is 10.1. The van der Waals surface area contributed by atoms with Crippen molar-refractivity contribution in [3.63, 3.8) is 0 Å². The van der Waals surface area contributed by atoms with Crippen molar-refractivity contribution in [1.29, 1.82) is 0 Å². The average Bonchev–Trinajstić information content (AvgIpc) is 2.32. The molecule has 0 radical (unpaired) electrons. The van der Waals surface area contributed by atoms with E-state index in [4.69, 9.17) is 5.14 Å². The number of nitrogens with zero attached hydrogens (tertiary/aromatic N) is 1. The van der Waals surface area contributed by atoms with Crippen LogP contribution in [-0.4, -0.2) is 25.7 Å².